The lowest BCUT2D eigenvalue weighted by Crippen LogP contribution is -2.11. The maximum atomic E-state index is 11.2. The van der Waals surface area contributed by atoms with Crippen molar-refractivity contribution in [3.8, 4) is 12.3 Å². The second-order valence-corrected chi connectivity index (χ2v) is 3.34. The molecule has 1 aromatic carbocycles. The number of carbonyl (C=O) groups is 2. The van der Waals surface area contributed by atoms with E-state index in [4.69, 9.17) is 23.1 Å². The fourth-order valence-corrected chi connectivity index (χ4v) is 1.21. The number of carboxylic acids is 1. The fraction of sp³-hybridized carbons (Fsp3) is 0.0909. The first-order valence-corrected chi connectivity index (χ1v) is 4.68. The fourth-order valence-electron chi connectivity index (χ4n) is 1.04. The molecule has 0 saturated carbocycles. The van der Waals surface area contributed by atoms with Gasteiger partial charge in [0, 0.05) is 0 Å². The molecule has 1 aromatic rings. The smallest absolute Gasteiger partial charge is 0.335 e. The van der Waals surface area contributed by atoms with Crippen LogP contribution in [0.2, 0.25) is 5.02 Å². The van der Waals surface area contributed by atoms with Crippen molar-refractivity contribution in [2.75, 3.05) is 5.32 Å². The molecular weight excluding hydrogens is 230 g/mol. The van der Waals surface area contributed by atoms with Gasteiger partial charge in [-0.25, -0.2) is 4.79 Å². The summed E-state index contributed by atoms with van der Waals surface area (Å²) in [6.07, 6.45) is 4.87. The maximum absolute atomic E-state index is 11.2. The Morgan fingerprint density at radius 2 is 2.19 bits per heavy atom. The Labute approximate surface area is 97.2 Å². The van der Waals surface area contributed by atoms with Crippen LogP contribution in [0, 0.1) is 12.3 Å². The van der Waals surface area contributed by atoms with E-state index in [0.717, 1.165) is 0 Å². The van der Waals surface area contributed by atoms with Crippen molar-refractivity contribution in [1.29, 1.82) is 0 Å². The standard InChI is InChI=1S/C11H8ClNO3/c1-2-3-10(14)13-9-6-7(11(15)16)4-5-8(9)12/h1,4-6H,3H2,(H,13,14)(H,15,16). The van der Waals surface area contributed by atoms with Crippen LogP contribution >= 0.6 is 11.6 Å². The summed E-state index contributed by atoms with van der Waals surface area (Å²) in [6.45, 7) is 0. The zero-order valence-electron chi connectivity index (χ0n) is 8.16. The second kappa shape index (κ2) is 5.19. The minimum absolute atomic E-state index is 0.0420. The molecule has 0 aromatic heterocycles. The Bertz CT molecular complexity index is 477. The SMILES string of the molecule is C#CCC(=O)Nc1cc(C(=O)O)ccc1Cl. The van der Waals surface area contributed by atoms with Gasteiger partial charge in [0.05, 0.1) is 22.7 Å². The number of carbonyl (C=O) groups excluding carboxylic acids is 1. The van der Waals surface area contributed by atoms with Gasteiger partial charge >= 0.3 is 5.97 Å². The first-order valence-electron chi connectivity index (χ1n) is 4.30. The lowest BCUT2D eigenvalue weighted by atomic mass is 10.2. The van der Waals surface area contributed by atoms with E-state index >= 15 is 0 Å². The van der Waals surface area contributed by atoms with E-state index in [9.17, 15) is 9.59 Å². The molecule has 2 N–H and O–H groups in total. The highest BCUT2D eigenvalue weighted by atomic mass is 35.5. The number of hydrogen-bond donors (Lipinski definition) is 2. The summed E-state index contributed by atoms with van der Waals surface area (Å²) in [5.74, 6) is 0.669. The Kier molecular flexibility index (Phi) is 3.92. The summed E-state index contributed by atoms with van der Waals surface area (Å²) in [5, 5.41) is 11.4. The van der Waals surface area contributed by atoms with Crippen LogP contribution < -0.4 is 5.32 Å². The van der Waals surface area contributed by atoms with Crippen LogP contribution in [0.25, 0.3) is 0 Å². The van der Waals surface area contributed by atoms with E-state index < -0.39 is 11.9 Å². The Hall–Kier alpha value is -1.99. The predicted octanol–water partition coefficient (Wildman–Crippen LogP) is 2.00. The zero-order chi connectivity index (χ0) is 12.1. The van der Waals surface area contributed by atoms with Crippen LogP contribution in [0.5, 0.6) is 0 Å². The first-order chi connectivity index (χ1) is 7.54. The first kappa shape index (κ1) is 12.1. The van der Waals surface area contributed by atoms with Crippen LogP contribution in [0.4, 0.5) is 5.69 Å². The summed E-state index contributed by atoms with van der Waals surface area (Å²) >= 11 is 5.79. The third kappa shape index (κ3) is 3.01. The number of halogens is 1. The molecule has 4 nitrogen and oxygen atoms in total. The number of nitrogens with one attached hydrogen (secondary N) is 1. The summed E-state index contributed by atoms with van der Waals surface area (Å²) in [7, 11) is 0. The maximum Gasteiger partial charge on any atom is 0.335 e. The third-order valence-electron chi connectivity index (χ3n) is 1.75. The normalized spacial score (nSPS) is 9.25. The molecule has 0 saturated heterocycles. The molecule has 0 bridgehead atoms. The van der Waals surface area contributed by atoms with Crippen molar-refractivity contribution in [3.63, 3.8) is 0 Å². The summed E-state index contributed by atoms with van der Waals surface area (Å²) in [5.41, 5.74) is 0.280. The van der Waals surface area contributed by atoms with Gasteiger partial charge < -0.3 is 10.4 Å². The molecule has 0 radical (unpaired) electrons. The minimum Gasteiger partial charge on any atom is -0.478 e. The number of rotatable bonds is 3. The van der Waals surface area contributed by atoms with Gasteiger partial charge in [0.25, 0.3) is 0 Å². The average molecular weight is 238 g/mol. The monoisotopic (exact) mass is 237 g/mol. The topological polar surface area (TPSA) is 66.4 Å². The van der Waals surface area contributed by atoms with E-state index in [1.54, 1.807) is 0 Å². The van der Waals surface area contributed by atoms with Crippen LogP contribution in [0.15, 0.2) is 18.2 Å². The van der Waals surface area contributed by atoms with Crippen LogP contribution in [0.3, 0.4) is 0 Å². The van der Waals surface area contributed by atoms with Gasteiger partial charge in [-0.3, -0.25) is 4.79 Å². The Balaban J connectivity index is 2.95. The van der Waals surface area contributed by atoms with Gasteiger partial charge in [0.1, 0.15) is 0 Å². The molecule has 0 aliphatic carbocycles. The predicted molar refractivity (Wildman–Crippen MR) is 60.5 cm³/mol. The molecule has 16 heavy (non-hydrogen) atoms. The molecule has 82 valence electrons. The molecule has 1 rings (SSSR count). The Morgan fingerprint density at radius 3 is 2.75 bits per heavy atom. The number of aromatic carboxylic acids is 1. The number of terminal acetylenes is 1. The van der Waals surface area contributed by atoms with Crippen molar-refractivity contribution >= 4 is 29.2 Å². The van der Waals surface area contributed by atoms with Crippen LogP contribution in [0.1, 0.15) is 16.8 Å². The molecule has 1 amide bonds. The highest BCUT2D eigenvalue weighted by molar-refractivity contribution is 6.33. The molecule has 0 aliphatic rings. The average Bonchev–Trinajstić information content (AvgIpc) is 2.21. The molecule has 0 spiro atoms. The van der Waals surface area contributed by atoms with Crippen molar-refractivity contribution < 1.29 is 14.7 Å². The molecule has 0 unspecified atom stereocenters. The van der Waals surface area contributed by atoms with Crippen LogP contribution in [-0.4, -0.2) is 17.0 Å². The second-order valence-electron chi connectivity index (χ2n) is 2.93. The van der Waals surface area contributed by atoms with Gasteiger partial charge in [-0.2, -0.15) is 0 Å². The summed E-state index contributed by atoms with van der Waals surface area (Å²) in [4.78, 5) is 21.9. The number of hydrogen-bond acceptors (Lipinski definition) is 2. The van der Waals surface area contributed by atoms with Gasteiger partial charge in [-0.15, -0.1) is 6.42 Å². The van der Waals surface area contributed by atoms with E-state index in [0.29, 0.717) is 0 Å². The van der Waals surface area contributed by atoms with Gasteiger partial charge in [0.2, 0.25) is 5.91 Å². The quantitative estimate of drug-likeness (QED) is 0.791. The van der Waals surface area contributed by atoms with E-state index in [1.165, 1.54) is 18.2 Å². The number of benzene rings is 1. The molecule has 0 heterocycles. The molecule has 0 aliphatic heterocycles. The van der Waals surface area contributed by atoms with Gasteiger partial charge in [-0.1, -0.05) is 17.5 Å². The van der Waals surface area contributed by atoms with Gasteiger partial charge in [-0.05, 0) is 18.2 Å². The summed E-state index contributed by atoms with van der Waals surface area (Å²) in [6, 6.07) is 4.02. The number of carboxylic acid groups (broad SMARTS) is 1. The highest BCUT2D eigenvalue weighted by Gasteiger charge is 2.09. The largest absolute Gasteiger partial charge is 0.478 e. The van der Waals surface area contributed by atoms with E-state index in [2.05, 4.69) is 11.2 Å². The van der Waals surface area contributed by atoms with E-state index in [1.807, 2.05) is 0 Å². The number of amides is 1. The third-order valence-corrected chi connectivity index (χ3v) is 2.08. The van der Waals surface area contributed by atoms with Gasteiger partial charge in [0.15, 0.2) is 0 Å². The molecule has 5 heteroatoms. The molecule has 0 atom stereocenters. The Morgan fingerprint density at radius 1 is 1.50 bits per heavy atom. The van der Waals surface area contributed by atoms with E-state index in [-0.39, 0.29) is 22.7 Å². The summed E-state index contributed by atoms with van der Waals surface area (Å²) < 4.78 is 0. The van der Waals surface area contributed by atoms with Crippen molar-refractivity contribution in [3.05, 3.63) is 28.8 Å². The van der Waals surface area contributed by atoms with Crippen molar-refractivity contribution in [1.82, 2.24) is 0 Å². The lowest BCUT2D eigenvalue weighted by Gasteiger charge is -2.06. The van der Waals surface area contributed by atoms with Crippen molar-refractivity contribution in [2.45, 2.75) is 6.42 Å². The molecular formula is C11H8ClNO3. The van der Waals surface area contributed by atoms with Crippen LogP contribution in [-0.2, 0) is 4.79 Å². The highest BCUT2D eigenvalue weighted by Crippen LogP contribution is 2.23. The molecule has 0 fully saturated rings. The lowest BCUT2D eigenvalue weighted by molar-refractivity contribution is -0.115. The number of anilines is 1. The minimum atomic E-state index is -1.09. The zero-order valence-corrected chi connectivity index (χ0v) is 8.91. The van der Waals surface area contributed by atoms with Crippen molar-refractivity contribution in [2.24, 2.45) is 0 Å².